The van der Waals surface area contributed by atoms with E-state index in [0.717, 1.165) is 12.5 Å². The lowest BCUT2D eigenvalue weighted by atomic mass is 10.1. The molecule has 1 rings (SSSR count). The van der Waals surface area contributed by atoms with Crippen LogP contribution in [0.1, 0.15) is 26.8 Å². The molecule has 0 heterocycles. The first-order chi connectivity index (χ1) is 7.24. The number of halogens is 3. The second kappa shape index (κ2) is 4.66. The molecule has 1 aromatic rings. The van der Waals surface area contributed by atoms with E-state index < -0.39 is 18.2 Å². The topological polar surface area (TPSA) is 12.0 Å². The second-order valence-corrected chi connectivity index (χ2v) is 3.40. The molecule has 1 nitrogen and oxygen atoms in total. The molecule has 0 aliphatic carbocycles. The minimum Gasteiger partial charge on any atom is -0.300 e. The molecule has 4 heteroatoms. The van der Waals surface area contributed by atoms with Crippen LogP contribution in [-0.2, 0) is 0 Å². The average Bonchev–Trinajstić information content (AvgIpc) is 2.16. The maximum Gasteiger partial charge on any atom is 0.403 e. The van der Waals surface area contributed by atoms with Crippen molar-refractivity contribution in [2.45, 2.75) is 32.1 Å². The first-order valence-electron chi connectivity index (χ1n) is 5.13. The Morgan fingerprint density at radius 1 is 1.20 bits per heavy atom. The van der Waals surface area contributed by atoms with Gasteiger partial charge in [0, 0.05) is 6.04 Å². The summed E-state index contributed by atoms with van der Waals surface area (Å²) in [4.78, 5) is 0. The second-order valence-electron chi connectivity index (χ2n) is 3.40. The highest BCUT2D eigenvalue weighted by atomic mass is 19.4. The Balaban J connectivity index is 2.76. The van der Waals surface area contributed by atoms with Crippen LogP contribution >= 0.6 is 0 Å². The number of benzene rings is 1. The number of alkyl halides is 3. The van der Waals surface area contributed by atoms with Gasteiger partial charge in [-0.15, -0.1) is 0 Å². The molecule has 2 atom stereocenters. The predicted octanol–water partition coefficient (Wildman–Crippen LogP) is 3.29. The molecule has 0 saturated heterocycles. The Kier molecular flexibility index (Phi) is 3.26. The maximum atomic E-state index is 12.5. The van der Waals surface area contributed by atoms with Crippen molar-refractivity contribution in [1.82, 2.24) is 5.32 Å². The third-order valence-corrected chi connectivity index (χ3v) is 2.16. The number of hydrogen-bond donors (Lipinski definition) is 1. The third-order valence-electron chi connectivity index (χ3n) is 2.16. The fourth-order valence-corrected chi connectivity index (χ4v) is 1.23. The summed E-state index contributed by atoms with van der Waals surface area (Å²) in [6.45, 7) is 2.42. The van der Waals surface area contributed by atoms with Crippen LogP contribution in [-0.4, -0.2) is 12.2 Å². The smallest absolute Gasteiger partial charge is 0.300 e. The molecule has 0 fully saturated rings. The zero-order chi connectivity index (χ0) is 12.4. The molecule has 0 spiro atoms. The van der Waals surface area contributed by atoms with E-state index in [1.165, 1.54) is 0 Å². The maximum absolute atomic E-state index is 12.5. The highest BCUT2D eigenvalue weighted by Crippen LogP contribution is 2.22. The van der Waals surface area contributed by atoms with Crippen LogP contribution in [0.3, 0.4) is 0 Å². The van der Waals surface area contributed by atoms with Gasteiger partial charge in [-0.1, -0.05) is 30.3 Å². The van der Waals surface area contributed by atoms with Crippen molar-refractivity contribution in [1.29, 1.82) is 0 Å². The molecule has 1 unspecified atom stereocenters. The van der Waals surface area contributed by atoms with Gasteiger partial charge in [-0.3, -0.25) is 5.32 Å². The van der Waals surface area contributed by atoms with Gasteiger partial charge >= 0.3 is 6.18 Å². The predicted molar refractivity (Wildman–Crippen MR) is 53.5 cm³/mol. The van der Waals surface area contributed by atoms with E-state index in [-0.39, 0.29) is 0 Å². The van der Waals surface area contributed by atoms with Gasteiger partial charge in [-0.25, -0.2) is 0 Å². The highest BCUT2D eigenvalue weighted by Gasteiger charge is 2.36. The Bertz CT molecular complexity index is 335. The summed E-state index contributed by atoms with van der Waals surface area (Å²) in [5.74, 6) is 0. The van der Waals surface area contributed by atoms with Crippen molar-refractivity contribution in [3.8, 4) is 0 Å². The first-order valence-corrected chi connectivity index (χ1v) is 4.63. The minimum atomic E-state index is -4.59. The Morgan fingerprint density at radius 3 is 2.20 bits per heavy atom. The molecular weight excluding hydrogens is 203 g/mol. The van der Waals surface area contributed by atoms with E-state index in [2.05, 4.69) is 5.32 Å². The molecule has 15 heavy (non-hydrogen) atoms. The zero-order valence-electron chi connectivity index (χ0n) is 9.60. The van der Waals surface area contributed by atoms with Crippen LogP contribution in [0.25, 0.3) is 0 Å². The standard InChI is InChI=1S/C11H14F3N/c1-8(10-6-4-3-5-7-10)15-9(2)11(12,13)14/h3-9,15H,1-2H3/t8-,9?/m0/s1/i9D. The lowest BCUT2D eigenvalue weighted by molar-refractivity contribution is -0.153. The summed E-state index contributed by atoms with van der Waals surface area (Å²) in [5, 5.41) is 2.25. The van der Waals surface area contributed by atoms with Gasteiger partial charge in [0.25, 0.3) is 0 Å². The summed E-state index contributed by atoms with van der Waals surface area (Å²) in [7, 11) is 0. The number of rotatable bonds is 3. The SMILES string of the molecule is [2H]C(C)(N[C@@H](C)c1ccccc1)C(F)(F)F. The van der Waals surface area contributed by atoms with Crippen LogP contribution in [0.15, 0.2) is 30.3 Å². The Morgan fingerprint density at radius 2 is 1.73 bits per heavy atom. The highest BCUT2D eigenvalue weighted by molar-refractivity contribution is 5.18. The van der Waals surface area contributed by atoms with Gasteiger partial charge in [-0.2, -0.15) is 13.2 Å². The van der Waals surface area contributed by atoms with Crippen molar-refractivity contribution >= 4 is 0 Å². The summed E-state index contributed by atoms with van der Waals surface area (Å²) in [5.41, 5.74) is 0.727. The summed E-state index contributed by atoms with van der Waals surface area (Å²) >= 11 is 0. The van der Waals surface area contributed by atoms with Crippen LogP contribution in [0.5, 0.6) is 0 Å². The lowest BCUT2D eigenvalue weighted by Crippen LogP contribution is -2.40. The van der Waals surface area contributed by atoms with Gasteiger partial charge in [0.2, 0.25) is 0 Å². The van der Waals surface area contributed by atoms with Crippen molar-refractivity contribution in [3.63, 3.8) is 0 Å². The van der Waals surface area contributed by atoms with Gasteiger partial charge in [0.15, 0.2) is 0 Å². The molecule has 1 N–H and O–H groups in total. The molecule has 0 radical (unpaired) electrons. The molecular formula is C11H14F3N. The monoisotopic (exact) mass is 218 g/mol. The van der Waals surface area contributed by atoms with E-state index in [9.17, 15) is 13.2 Å². The molecule has 0 aliphatic rings. The van der Waals surface area contributed by atoms with Crippen LogP contribution in [0, 0.1) is 0 Å². The molecule has 0 saturated carbocycles. The van der Waals surface area contributed by atoms with E-state index in [0.29, 0.717) is 0 Å². The van der Waals surface area contributed by atoms with Gasteiger partial charge < -0.3 is 0 Å². The average molecular weight is 218 g/mol. The number of hydrogen-bond acceptors (Lipinski definition) is 1. The largest absolute Gasteiger partial charge is 0.403 e. The fourth-order valence-electron chi connectivity index (χ4n) is 1.23. The summed E-state index contributed by atoms with van der Waals surface area (Å²) in [6, 6.07) is 5.59. The third kappa shape index (κ3) is 3.55. The molecule has 0 bridgehead atoms. The van der Waals surface area contributed by atoms with E-state index in [4.69, 9.17) is 1.37 Å². The van der Waals surface area contributed by atoms with Crippen molar-refractivity contribution in [2.24, 2.45) is 0 Å². The quantitative estimate of drug-likeness (QED) is 0.820. The van der Waals surface area contributed by atoms with E-state index in [1.807, 2.05) is 0 Å². The lowest BCUT2D eigenvalue weighted by Gasteiger charge is -2.22. The Labute approximate surface area is 88.7 Å². The Hall–Kier alpha value is -1.03. The van der Waals surface area contributed by atoms with E-state index >= 15 is 0 Å². The summed E-state index contributed by atoms with van der Waals surface area (Å²) in [6.07, 6.45) is -4.59. The fraction of sp³-hybridized carbons (Fsp3) is 0.455. The molecule has 1 aromatic carbocycles. The molecule has 0 aromatic heterocycles. The van der Waals surface area contributed by atoms with Crippen molar-refractivity contribution < 1.29 is 14.5 Å². The van der Waals surface area contributed by atoms with Crippen molar-refractivity contribution in [2.75, 3.05) is 0 Å². The zero-order valence-corrected chi connectivity index (χ0v) is 8.60. The van der Waals surface area contributed by atoms with Crippen LogP contribution in [0.4, 0.5) is 13.2 Å². The van der Waals surface area contributed by atoms with E-state index in [1.54, 1.807) is 37.3 Å². The first kappa shape index (κ1) is 10.5. The number of nitrogens with one attached hydrogen (secondary N) is 1. The van der Waals surface area contributed by atoms with Gasteiger partial charge in [0.05, 0.1) is 1.37 Å². The minimum absolute atomic E-state index is 0.523. The van der Waals surface area contributed by atoms with Crippen LogP contribution in [0.2, 0.25) is 0 Å². The van der Waals surface area contributed by atoms with Gasteiger partial charge in [-0.05, 0) is 19.4 Å². The normalized spacial score (nSPS) is 19.1. The van der Waals surface area contributed by atoms with Crippen LogP contribution < -0.4 is 5.32 Å². The van der Waals surface area contributed by atoms with Crippen molar-refractivity contribution in [3.05, 3.63) is 35.9 Å². The van der Waals surface area contributed by atoms with Gasteiger partial charge in [0.1, 0.15) is 6.02 Å². The summed E-state index contributed by atoms with van der Waals surface area (Å²) < 4.78 is 44.6. The molecule has 84 valence electrons. The molecule has 0 amide bonds. The molecule has 0 aliphatic heterocycles.